The van der Waals surface area contributed by atoms with Gasteiger partial charge in [-0.1, -0.05) is 42.5 Å². The molecule has 138 valence electrons. The topological polar surface area (TPSA) is 70.7 Å². The summed E-state index contributed by atoms with van der Waals surface area (Å²) < 4.78 is 4.73. The summed E-state index contributed by atoms with van der Waals surface area (Å²) in [4.78, 5) is 25.3. The van der Waals surface area contributed by atoms with E-state index in [2.05, 4.69) is 28.8 Å². The monoisotopic (exact) mass is 355 g/mol. The largest absolute Gasteiger partial charge is 0.453 e. The Balaban J connectivity index is 1.43. The first kappa shape index (κ1) is 18.0. The average Bonchev–Trinajstić information content (AvgIpc) is 2.70. The molecule has 6 nitrogen and oxygen atoms in total. The van der Waals surface area contributed by atoms with Gasteiger partial charge in [0.15, 0.2) is 0 Å². The Hall–Kier alpha value is -2.76. The highest BCUT2D eigenvalue weighted by molar-refractivity contribution is 5.86. The Morgan fingerprint density at radius 1 is 1.08 bits per heavy atom. The number of hydrogen-bond donors (Lipinski definition) is 2. The molecule has 0 spiro atoms. The number of piperidine rings is 1. The molecular weight excluding hydrogens is 330 g/mol. The van der Waals surface area contributed by atoms with Gasteiger partial charge in [-0.3, -0.25) is 0 Å². The fourth-order valence-corrected chi connectivity index (χ4v) is 3.37. The first-order valence-electron chi connectivity index (χ1n) is 8.98. The van der Waals surface area contributed by atoms with Gasteiger partial charge in [-0.25, -0.2) is 9.59 Å². The van der Waals surface area contributed by atoms with Crippen molar-refractivity contribution in [3.63, 3.8) is 0 Å². The summed E-state index contributed by atoms with van der Waals surface area (Å²) in [7, 11) is 1.40. The fraction of sp³-hybridized carbons (Fsp3) is 0.400. The molecule has 0 saturated carbocycles. The summed E-state index contributed by atoms with van der Waals surface area (Å²) in [5.74, 6) is 0.388. The van der Waals surface area contributed by atoms with Crippen LogP contribution >= 0.6 is 0 Å². The van der Waals surface area contributed by atoms with E-state index >= 15 is 0 Å². The summed E-state index contributed by atoms with van der Waals surface area (Å²) in [6.07, 6.45) is 1.47. The first-order valence-corrected chi connectivity index (χ1v) is 8.98. The minimum absolute atomic E-state index is 0.159. The molecule has 3 amide bonds. The molecule has 0 atom stereocenters. The number of carbonyl (C=O) groups is 2. The number of hydrogen-bond acceptors (Lipinski definition) is 3. The van der Waals surface area contributed by atoms with E-state index in [0.29, 0.717) is 32.1 Å². The zero-order chi connectivity index (χ0) is 18.4. The molecule has 1 aliphatic heterocycles. The van der Waals surface area contributed by atoms with E-state index in [-0.39, 0.29) is 12.1 Å². The quantitative estimate of drug-likeness (QED) is 0.885. The van der Waals surface area contributed by atoms with E-state index in [1.807, 2.05) is 24.3 Å². The van der Waals surface area contributed by atoms with Gasteiger partial charge in [0.1, 0.15) is 0 Å². The third-order valence-corrected chi connectivity index (χ3v) is 4.92. The van der Waals surface area contributed by atoms with Crippen molar-refractivity contribution in [2.24, 2.45) is 5.92 Å². The van der Waals surface area contributed by atoms with Gasteiger partial charge in [-0.2, -0.15) is 0 Å². The number of methoxy groups -OCH3 is 1. The predicted molar refractivity (Wildman–Crippen MR) is 101 cm³/mol. The smallest absolute Gasteiger partial charge is 0.409 e. The van der Waals surface area contributed by atoms with Crippen LogP contribution in [0, 0.1) is 5.92 Å². The van der Waals surface area contributed by atoms with E-state index in [4.69, 9.17) is 4.74 Å². The minimum atomic E-state index is -0.274. The zero-order valence-electron chi connectivity index (χ0n) is 15.0. The molecule has 1 aliphatic rings. The lowest BCUT2D eigenvalue weighted by molar-refractivity contribution is 0.106. The lowest BCUT2D eigenvalue weighted by Crippen LogP contribution is -2.43. The van der Waals surface area contributed by atoms with E-state index in [1.165, 1.54) is 12.5 Å². The first-order chi connectivity index (χ1) is 12.7. The van der Waals surface area contributed by atoms with Crippen molar-refractivity contribution in [2.75, 3.05) is 26.7 Å². The number of urea groups is 1. The Labute approximate surface area is 153 Å². The third kappa shape index (κ3) is 4.45. The maximum Gasteiger partial charge on any atom is 0.409 e. The molecule has 6 heteroatoms. The molecule has 2 N–H and O–H groups in total. The molecule has 0 radical (unpaired) electrons. The molecule has 26 heavy (non-hydrogen) atoms. The highest BCUT2D eigenvalue weighted by Crippen LogP contribution is 2.18. The zero-order valence-corrected chi connectivity index (χ0v) is 15.0. The van der Waals surface area contributed by atoms with Gasteiger partial charge in [0, 0.05) is 26.2 Å². The number of fused-ring (bicyclic) bond motifs is 1. The van der Waals surface area contributed by atoms with Crippen molar-refractivity contribution in [1.29, 1.82) is 0 Å². The molecule has 0 aromatic heterocycles. The second-order valence-electron chi connectivity index (χ2n) is 6.60. The van der Waals surface area contributed by atoms with Crippen molar-refractivity contribution in [3.05, 3.63) is 48.0 Å². The number of carbonyl (C=O) groups excluding carboxylic acids is 2. The number of nitrogens with one attached hydrogen (secondary N) is 2. The maximum atomic E-state index is 12.1. The second kappa shape index (κ2) is 8.56. The Kier molecular flexibility index (Phi) is 5.94. The molecule has 0 bridgehead atoms. The highest BCUT2D eigenvalue weighted by atomic mass is 16.5. The van der Waals surface area contributed by atoms with E-state index in [9.17, 15) is 9.59 Å². The van der Waals surface area contributed by atoms with Gasteiger partial charge in [-0.15, -0.1) is 0 Å². The van der Waals surface area contributed by atoms with Crippen molar-refractivity contribution in [3.8, 4) is 0 Å². The van der Waals surface area contributed by atoms with Crippen LogP contribution < -0.4 is 10.6 Å². The summed E-state index contributed by atoms with van der Waals surface area (Å²) in [6.45, 7) is 2.47. The van der Waals surface area contributed by atoms with Crippen molar-refractivity contribution in [2.45, 2.75) is 19.4 Å². The summed E-state index contributed by atoms with van der Waals surface area (Å²) in [5.41, 5.74) is 1.10. The van der Waals surface area contributed by atoms with Crippen LogP contribution in [0.4, 0.5) is 9.59 Å². The number of nitrogens with zero attached hydrogens (tertiary/aromatic N) is 1. The Morgan fingerprint density at radius 3 is 2.58 bits per heavy atom. The minimum Gasteiger partial charge on any atom is -0.453 e. The summed E-state index contributed by atoms with van der Waals surface area (Å²) in [6, 6.07) is 14.1. The van der Waals surface area contributed by atoms with Crippen LogP contribution in [0.2, 0.25) is 0 Å². The van der Waals surface area contributed by atoms with Gasteiger partial charge in [-0.05, 0) is 35.1 Å². The molecule has 1 heterocycles. The van der Waals surface area contributed by atoms with Crippen LogP contribution in [0.25, 0.3) is 10.8 Å². The standard InChI is InChI=1S/C20H25N3O3/c1-26-20(25)23-11-9-15(10-12-23)13-21-19(24)22-14-17-7-4-6-16-5-2-3-8-18(16)17/h2-8,15H,9-14H2,1H3,(H2,21,22,24). The molecule has 2 aromatic carbocycles. The Bertz CT molecular complexity index is 764. The SMILES string of the molecule is COC(=O)N1CCC(CNC(=O)NCc2cccc3ccccc23)CC1. The van der Waals surface area contributed by atoms with Gasteiger partial charge >= 0.3 is 12.1 Å². The van der Waals surface area contributed by atoms with Crippen molar-refractivity contribution >= 4 is 22.9 Å². The van der Waals surface area contributed by atoms with E-state index in [0.717, 1.165) is 23.8 Å². The van der Waals surface area contributed by atoms with Gasteiger partial charge in [0.05, 0.1) is 7.11 Å². The number of rotatable bonds is 4. The summed E-state index contributed by atoms with van der Waals surface area (Å²) in [5, 5.41) is 8.20. The third-order valence-electron chi connectivity index (χ3n) is 4.92. The highest BCUT2D eigenvalue weighted by Gasteiger charge is 2.23. The lowest BCUT2D eigenvalue weighted by atomic mass is 9.97. The van der Waals surface area contributed by atoms with Crippen LogP contribution in [0.3, 0.4) is 0 Å². The van der Waals surface area contributed by atoms with E-state index < -0.39 is 0 Å². The molecule has 0 unspecified atom stereocenters. The van der Waals surface area contributed by atoms with Crippen molar-refractivity contribution in [1.82, 2.24) is 15.5 Å². The average molecular weight is 355 g/mol. The fourth-order valence-electron chi connectivity index (χ4n) is 3.37. The second-order valence-corrected chi connectivity index (χ2v) is 6.60. The number of likely N-dealkylation sites (tertiary alicyclic amines) is 1. The molecule has 0 aliphatic carbocycles. The summed E-state index contributed by atoms with van der Waals surface area (Å²) >= 11 is 0. The predicted octanol–water partition coefficient (Wildman–Crippen LogP) is 3.12. The van der Waals surface area contributed by atoms with Crippen LogP contribution in [0.5, 0.6) is 0 Å². The van der Waals surface area contributed by atoms with Gasteiger partial charge < -0.3 is 20.3 Å². The van der Waals surface area contributed by atoms with Crippen LogP contribution in [0.15, 0.2) is 42.5 Å². The van der Waals surface area contributed by atoms with Gasteiger partial charge in [0.25, 0.3) is 0 Å². The van der Waals surface area contributed by atoms with E-state index in [1.54, 1.807) is 4.90 Å². The lowest BCUT2D eigenvalue weighted by Gasteiger charge is -2.30. The van der Waals surface area contributed by atoms with Crippen LogP contribution in [0.1, 0.15) is 18.4 Å². The molecule has 1 saturated heterocycles. The van der Waals surface area contributed by atoms with Crippen LogP contribution in [-0.4, -0.2) is 43.8 Å². The number of benzene rings is 2. The molecule has 2 aromatic rings. The normalized spacial score (nSPS) is 14.9. The van der Waals surface area contributed by atoms with Crippen LogP contribution in [-0.2, 0) is 11.3 Å². The Morgan fingerprint density at radius 2 is 1.81 bits per heavy atom. The number of amides is 3. The van der Waals surface area contributed by atoms with Gasteiger partial charge in [0.2, 0.25) is 0 Å². The maximum absolute atomic E-state index is 12.1. The van der Waals surface area contributed by atoms with Crippen molar-refractivity contribution < 1.29 is 14.3 Å². The molecule has 1 fully saturated rings. The molecular formula is C20H25N3O3. The number of ether oxygens (including phenoxy) is 1. The molecule has 3 rings (SSSR count).